The van der Waals surface area contributed by atoms with Gasteiger partial charge in [0.1, 0.15) is 17.3 Å². The third-order valence-corrected chi connectivity index (χ3v) is 7.75. The van der Waals surface area contributed by atoms with E-state index in [0.717, 1.165) is 33.4 Å². The number of allylic oxidation sites excluding steroid dienone is 4. The third kappa shape index (κ3) is 3.69. The van der Waals surface area contributed by atoms with E-state index in [-0.39, 0.29) is 39.7 Å². The van der Waals surface area contributed by atoms with E-state index in [1.165, 1.54) is 24.3 Å². The van der Waals surface area contributed by atoms with Crippen molar-refractivity contribution in [2.24, 2.45) is 5.41 Å². The van der Waals surface area contributed by atoms with Crippen molar-refractivity contribution in [1.29, 1.82) is 0 Å². The van der Waals surface area contributed by atoms with Gasteiger partial charge >= 0.3 is 0 Å². The number of phenols is 2. The van der Waals surface area contributed by atoms with Gasteiger partial charge in [0, 0.05) is 22.6 Å². The second-order valence-electron chi connectivity index (χ2n) is 10.2. The number of rotatable bonds is 3. The van der Waals surface area contributed by atoms with Gasteiger partial charge in [-0.3, -0.25) is 4.79 Å². The van der Waals surface area contributed by atoms with Crippen LogP contribution in [0.5, 0.6) is 11.5 Å². The Hall–Kier alpha value is -4.09. The van der Waals surface area contributed by atoms with Crippen molar-refractivity contribution in [3.8, 4) is 11.5 Å². The molecule has 37 heavy (non-hydrogen) atoms. The Bertz CT molecular complexity index is 1540. The molecule has 0 amide bonds. The number of aryl methyl sites for hydroxylation is 4. The van der Waals surface area contributed by atoms with E-state index in [1.807, 2.05) is 70.2 Å². The second-order valence-corrected chi connectivity index (χ2v) is 10.2. The van der Waals surface area contributed by atoms with Crippen molar-refractivity contribution >= 4 is 17.4 Å². The van der Waals surface area contributed by atoms with Gasteiger partial charge in [0.2, 0.25) is 0 Å². The molecule has 5 nitrogen and oxygen atoms in total. The molecule has 0 radical (unpaired) electrons. The fourth-order valence-corrected chi connectivity index (χ4v) is 5.87. The summed E-state index contributed by atoms with van der Waals surface area (Å²) in [5.74, 6) is -1.87. The molecule has 0 aliphatic heterocycles. The zero-order valence-electron chi connectivity index (χ0n) is 21.3. The minimum Gasteiger partial charge on any atom is -0.508 e. The average Bonchev–Trinajstić information content (AvgIpc) is 2.86. The number of aliphatic hydroxyl groups is 2. The number of benzene rings is 3. The number of hydrogen-bond acceptors (Lipinski definition) is 5. The molecule has 3 atom stereocenters. The zero-order chi connectivity index (χ0) is 26.6. The molecule has 0 saturated carbocycles. The van der Waals surface area contributed by atoms with Gasteiger partial charge in [-0.15, -0.1) is 0 Å². The van der Waals surface area contributed by atoms with E-state index in [1.54, 1.807) is 6.08 Å². The first-order valence-corrected chi connectivity index (χ1v) is 12.3. The Morgan fingerprint density at radius 3 is 2.19 bits per heavy atom. The SMILES string of the molecule is Cc1ccc(C)c(/C=C/[C@]23C(=O)C=CC(O)=C2c2c(O)ccc(O)c2[C@@H](O)[C@H]3c2cc(C)ccc2C)c1. The minimum atomic E-state index is -1.55. The lowest BCUT2D eigenvalue weighted by Crippen LogP contribution is -2.44. The van der Waals surface area contributed by atoms with Crippen LogP contribution in [0.1, 0.15) is 56.5 Å². The van der Waals surface area contributed by atoms with Crippen molar-refractivity contribution in [2.45, 2.75) is 39.7 Å². The Kier molecular flexibility index (Phi) is 5.84. The van der Waals surface area contributed by atoms with Gasteiger partial charge < -0.3 is 20.4 Å². The molecule has 3 aromatic carbocycles. The maximum atomic E-state index is 14.1. The van der Waals surface area contributed by atoms with Crippen LogP contribution in [-0.4, -0.2) is 26.2 Å². The van der Waals surface area contributed by atoms with Gasteiger partial charge in [-0.25, -0.2) is 0 Å². The standard InChI is InChI=1S/C32H30O5/c1-17-5-7-19(3)21(15-17)13-14-32-26(36)12-11-25(35)30(32)27-23(33)9-10-24(34)28(27)31(37)29(32)22-16-18(2)6-8-20(22)4/h5-16,29,31,33-35,37H,1-4H3/b14-13+/t29-,31-,32-/m1/s1. The highest BCUT2D eigenvalue weighted by Gasteiger charge is 2.57. The van der Waals surface area contributed by atoms with Crippen molar-refractivity contribution in [2.75, 3.05) is 0 Å². The van der Waals surface area contributed by atoms with Crippen molar-refractivity contribution in [3.05, 3.63) is 117 Å². The van der Waals surface area contributed by atoms with Gasteiger partial charge in [-0.2, -0.15) is 0 Å². The predicted molar refractivity (Wildman–Crippen MR) is 144 cm³/mol. The summed E-state index contributed by atoms with van der Waals surface area (Å²) in [4.78, 5) is 14.1. The molecular formula is C32H30O5. The van der Waals surface area contributed by atoms with E-state index < -0.39 is 17.4 Å². The largest absolute Gasteiger partial charge is 0.508 e. The molecule has 2 aliphatic rings. The number of fused-ring (bicyclic) bond motifs is 3. The summed E-state index contributed by atoms with van der Waals surface area (Å²) >= 11 is 0. The molecule has 0 spiro atoms. The van der Waals surface area contributed by atoms with Crippen LogP contribution in [0.25, 0.3) is 11.6 Å². The van der Waals surface area contributed by atoms with Crippen molar-refractivity contribution in [1.82, 2.24) is 0 Å². The van der Waals surface area contributed by atoms with Gasteiger partial charge in [-0.05, 0) is 74.2 Å². The van der Waals surface area contributed by atoms with E-state index in [4.69, 9.17) is 0 Å². The van der Waals surface area contributed by atoms with E-state index in [2.05, 4.69) is 0 Å². The van der Waals surface area contributed by atoms with Crippen LogP contribution >= 0.6 is 0 Å². The van der Waals surface area contributed by atoms with E-state index in [9.17, 15) is 25.2 Å². The van der Waals surface area contributed by atoms with Crippen LogP contribution in [0.2, 0.25) is 0 Å². The lowest BCUT2D eigenvalue weighted by molar-refractivity contribution is -0.121. The molecule has 5 rings (SSSR count). The highest BCUT2D eigenvalue weighted by atomic mass is 16.3. The van der Waals surface area contributed by atoms with Crippen LogP contribution in [0.15, 0.2) is 72.5 Å². The van der Waals surface area contributed by atoms with Crippen LogP contribution in [0, 0.1) is 33.1 Å². The fraction of sp³-hybridized carbons (Fsp3) is 0.219. The smallest absolute Gasteiger partial charge is 0.171 e. The molecule has 0 heterocycles. The van der Waals surface area contributed by atoms with Gasteiger partial charge in [0.15, 0.2) is 5.78 Å². The Morgan fingerprint density at radius 2 is 1.46 bits per heavy atom. The lowest BCUT2D eigenvalue weighted by Gasteiger charge is -2.48. The molecular weight excluding hydrogens is 464 g/mol. The molecule has 0 saturated heterocycles. The number of phenolic OH excluding ortho intramolecular Hbond substituents is 2. The first-order valence-electron chi connectivity index (χ1n) is 12.3. The van der Waals surface area contributed by atoms with E-state index in [0.29, 0.717) is 0 Å². The molecule has 0 unspecified atom stereocenters. The summed E-state index contributed by atoms with van der Waals surface area (Å²) in [6.07, 6.45) is 4.88. The van der Waals surface area contributed by atoms with Crippen molar-refractivity contribution < 1.29 is 25.2 Å². The molecule has 188 valence electrons. The Labute approximate surface area is 216 Å². The molecule has 5 heteroatoms. The molecule has 0 fully saturated rings. The van der Waals surface area contributed by atoms with Gasteiger partial charge in [-0.1, -0.05) is 59.7 Å². The number of aliphatic hydroxyl groups excluding tert-OH is 2. The summed E-state index contributed by atoms with van der Waals surface area (Å²) in [6.45, 7) is 7.81. The van der Waals surface area contributed by atoms with Gasteiger partial charge in [0.25, 0.3) is 0 Å². The highest BCUT2D eigenvalue weighted by Crippen LogP contribution is 2.64. The normalized spacial score (nSPS) is 22.9. The highest BCUT2D eigenvalue weighted by molar-refractivity contribution is 6.12. The summed E-state index contributed by atoms with van der Waals surface area (Å²) in [5, 5.41) is 45.0. The molecule has 3 aromatic rings. The van der Waals surface area contributed by atoms with Crippen LogP contribution in [0.3, 0.4) is 0 Å². The zero-order valence-corrected chi connectivity index (χ0v) is 21.3. The number of hydrogen-bond donors (Lipinski definition) is 4. The molecule has 2 aliphatic carbocycles. The maximum Gasteiger partial charge on any atom is 0.171 e. The average molecular weight is 495 g/mol. The fourth-order valence-electron chi connectivity index (χ4n) is 5.87. The summed E-state index contributed by atoms with van der Waals surface area (Å²) in [7, 11) is 0. The Balaban J connectivity index is 1.92. The summed E-state index contributed by atoms with van der Waals surface area (Å²) < 4.78 is 0. The summed E-state index contributed by atoms with van der Waals surface area (Å²) in [6, 6.07) is 14.5. The lowest BCUT2D eigenvalue weighted by atomic mass is 9.54. The minimum absolute atomic E-state index is 0.0786. The monoisotopic (exact) mass is 494 g/mol. The number of carbonyl (C=O) groups is 1. The predicted octanol–water partition coefficient (Wildman–Crippen LogP) is 6.27. The van der Waals surface area contributed by atoms with E-state index >= 15 is 0 Å². The molecule has 0 bridgehead atoms. The Morgan fingerprint density at radius 1 is 0.811 bits per heavy atom. The quantitative estimate of drug-likeness (QED) is 0.322. The third-order valence-electron chi connectivity index (χ3n) is 7.75. The topological polar surface area (TPSA) is 98.0 Å². The first kappa shape index (κ1) is 24.6. The summed E-state index contributed by atoms with van der Waals surface area (Å²) in [5.41, 5.74) is 4.27. The number of aromatic hydroxyl groups is 2. The molecule has 0 aromatic heterocycles. The molecule has 4 N–H and O–H groups in total. The van der Waals surface area contributed by atoms with Crippen LogP contribution in [0.4, 0.5) is 0 Å². The van der Waals surface area contributed by atoms with Crippen LogP contribution < -0.4 is 0 Å². The number of ketones is 1. The maximum absolute atomic E-state index is 14.1. The van der Waals surface area contributed by atoms with Crippen LogP contribution in [-0.2, 0) is 4.79 Å². The second kappa shape index (κ2) is 8.79. The number of carbonyl (C=O) groups excluding carboxylic acids is 1. The van der Waals surface area contributed by atoms with Crippen molar-refractivity contribution in [3.63, 3.8) is 0 Å². The van der Waals surface area contributed by atoms with Gasteiger partial charge in [0.05, 0.1) is 11.5 Å². The first-order chi connectivity index (χ1) is 17.6.